The minimum absolute atomic E-state index is 0.274. The Labute approximate surface area is 117 Å². The van der Waals surface area contributed by atoms with Gasteiger partial charge in [0.1, 0.15) is 11.6 Å². The van der Waals surface area contributed by atoms with Gasteiger partial charge in [-0.3, -0.25) is 4.79 Å². The first kappa shape index (κ1) is 14.1. The molecule has 0 radical (unpaired) electrons. The minimum Gasteiger partial charge on any atom is -0.494 e. The number of carbonyl (C=O) groups is 1. The lowest BCUT2D eigenvalue weighted by atomic mass is 10.2. The average molecular weight is 273 g/mol. The first-order valence-corrected chi connectivity index (χ1v) is 6.47. The summed E-state index contributed by atoms with van der Waals surface area (Å²) in [6.07, 6.45) is 0.690. The standard InChI is InChI=1S/C16H16FNO2/c17-14-7-4-6-13(12-14)16(19)18-10-5-11-20-15-8-2-1-3-9-15/h1-4,6-9,12H,5,10-11H2,(H,18,19). The molecule has 0 aromatic heterocycles. The number of hydrogen-bond donors (Lipinski definition) is 1. The van der Waals surface area contributed by atoms with Crippen molar-refractivity contribution in [2.75, 3.05) is 13.2 Å². The molecule has 0 aliphatic rings. The van der Waals surface area contributed by atoms with Crippen molar-refractivity contribution >= 4 is 5.91 Å². The Hall–Kier alpha value is -2.36. The monoisotopic (exact) mass is 273 g/mol. The molecule has 2 aromatic carbocycles. The molecular weight excluding hydrogens is 257 g/mol. The second-order valence-corrected chi connectivity index (χ2v) is 4.28. The summed E-state index contributed by atoms with van der Waals surface area (Å²) in [6, 6.07) is 15.1. The van der Waals surface area contributed by atoms with E-state index < -0.39 is 5.82 Å². The zero-order valence-corrected chi connectivity index (χ0v) is 11.0. The lowest BCUT2D eigenvalue weighted by Crippen LogP contribution is -2.25. The number of nitrogens with one attached hydrogen (secondary N) is 1. The Morgan fingerprint density at radius 1 is 1.10 bits per heavy atom. The maximum atomic E-state index is 13.0. The molecule has 1 N–H and O–H groups in total. The van der Waals surface area contributed by atoms with Gasteiger partial charge in [0.05, 0.1) is 6.61 Å². The number of para-hydroxylation sites is 1. The molecule has 0 saturated heterocycles. The largest absolute Gasteiger partial charge is 0.494 e. The summed E-state index contributed by atoms with van der Waals surface area (Å²) >= 11 is 0. The molecule has 1 amide bonds. The quantitative estimate of drug-likeness (QED) is 0.822. The summed E-state index contributed by atoms with van der Waals surface area (Å²) in [6.45, 7) is 1.01. The van der Waals surface area contributed by atoms with Gasteiger partial charge in [0.2, 0.25) is 0 Å². The SMILES string of the molecule is O=C(NCCCOc1ccccc1)c1cccc(F)c1. The van der Waals surface area contributed by atoms with E-state index in [1.165, 1.54) is 18.2 Å². The molecule has 0 aliphatic heterocycles. The molecule has 20 heavy (non-hydrogen) atoms. The Balaban J connectivity index is 1.67. The summed E-state index contributed by atoms with van der Waals surface area (Å²) in [5.74, 6) is 0.123. The highest BCUT2D eigenvalue weighted by atomic mass is 19.1. The fourth-order valence-corrected chi connectivity index (χ4v) is 1.71. The van der Waals surface area contributed by atoms with Crippen LogP contribution in [0, 0.1) is 5.82 Å². The van der Waals surface area contributed by atoms with Crippen LogP contribution in [0.4, 0.5) is 4.39 Å². The van der Waals surface area contributed by atoms with Crippen molar-refractivity contribution in [2.45, 2.75) is 6.42 Å². The van der Waals surface area contributed by atoms with Gasteiger partial charge < -0.3 is 10.1 Å². The van der Waals surface area contributed by atoms with Crippen LogP contribution in [0.3, 0.4) is 0 Å². The van der Waals surface area contributed by atoms with E-state index in [9.17, 15) is 9.18 Å². The van der Waals surface area contributed by atoms with Crippen LogP contribution < -0.4 is 10.1 Å². The molecule has 0 bridgehead atoms. The molecule has 0 saturated carbocycles. The first-order valence-electron chi connectivity index (χ1n) is 6.47. The van der Waals surface area contributed by atoms with E-state index in [0.29, 0.717) is 25.1 Å². The number of benzene rings is 2. The molecule has 0 unspecified atom stereocenters. The van der Waals surface area contributed by atoms with Crippen molar-refractivity contribution in [3.63, 3.8) is 0 Å². The Bertz CT molecular complexity index is 557. The third-order valence-corrected chi connectivity index (χ3v) is 2.71. The van der Waals surface area contributed by atoms with E-state index in [4.69, 9.17) is 4.74 Å². The number of hydrogen-bond acceptors (Lipinski definition) is 2. The molecule has 3 nitrogen and oxygen atoms in total. The number of carbonyl (C=O) groups excluding carboxylic acids is 1. The zero-order valence-electron chi connectivity index (χ0n) is 11.0. The van der Waals surface area contributed by atoms with Crippen LogP contribution in [0.2, 0.25) is 0 Å². The topological polar surface area (TPSA) is 38.3 Å². The highest BCUT2D eigenvalue weighted by Crippen LogP contribution is 2.08. The second-order valence-electron chi connectivity index (χ2n) is 4.28. The maximum Gasteiger partial charge on any atom is 0.251 e. The predicted octanol–water partition coefficient (Wildman–Crippen LogP) is 3.02. The maximum absolute atomic E-state index is 13.0. The summed E-state index contributed by atoms with van der Waals surface area (Å²) < 4.78 is 18.5. The van der Waals surface area contributed by atoms with E-state index in [0.717, 1.165) is 5.75 Å². The van der Waals surface area contributed by atoms with Gasteiger partial charge in [-0.05, 0) is 36.8 Å². The summed E-state index contributed by atoms with van der Waals surface area (Å²) in [7, 11) is 0. The van der Waals surface area contributed by atoms with E-state index in [1.54, 1.807) is 6.07 Å². The van der Waals surface area contributed by atoms with Crippen molar-refractivity contribution in [1.29, 1.82) is 0 Å². The third kappa shape index (κ3) is 4.39. The lowest BCUT2D eigenvalue weighted by Gasteiger charge is -2.07. The van der Waals surface area contributed by atoms with Gasteiger partial charge in [-0.25, -0.2) is 4.39 Å². The summed E-state index contributed by atoms with van der Waals surface area (Å²) in [5, 5.41) is 2.73. The molecule has 104 valence electrons. The number of rotatable bonds is 6. The van der Waals surface area contributed by atoms with Crippen LogP contribution in [0.15, 0.2) is 54.6 Å². The van der Waals surface area contributed by atoms with E-state index in [2.05, 4.69) is 5.32 Å². The van der Waals surface area contributed by atoms with Crippen LogP contribution in [-0.2, 0) is 0 Å². The molecule has 0 fully saturated rings. The van der Waals surface area contributed by atoms with Crippen LogP contribution >= 0.6 is 0 Å². The highest BCUT2D eigenvalue weighted by molar-refractivity contribution is 5.94. The molecule has 4 heteroatoms. The van der Waals surface area contributed by atoms with Crippen molar-refractivity contribution in [3.05, 3.63) is 66.0 Å². The van der Waals surface area contributed by atoms with Crippen molar-refractivity contribution in [2.24, 2.45) is 0 Å². The van der Waals surface area contributed by atoms with Crippen LogP contribution in [0.5, 0.6) is 5.75 Å². The number of ether oxygens (including phenoxy) is 1. The predicted molar refractivity (Wildman–Crippen MR) is 75.3 cm³/mol. The first-order chi connectivity index (χ1) is 9.75. The smallest absolute Gasteiger partial charge is 0.251 e. The van der Waals surface area contributed by atoms with E-state index in [-0.39, 0.29) is 5.91 Å². The van der Waals surface area contributed by atoms with E-state index >= 15 is 0 Å². The Morgan fingerprint density at radius 3 is 2.65 bits per heavy atom. The number of amides is 1. The van der Waals surface area contributed by atoms with Crippen molar-refractivity contribution < 1.29 is 13.9 Å². The third-order valence-electron chi connectivity index (χ3n) is 2.71. The average Bonchev–Trinajstić information content (AvgIpc) is 2.48. The van der Waals surface area contributed by atoms with Crippen LogP contribution in [0.1, 0.15) is 16.8 Å². The van der Waals surface area contributed by atoms with Gasteiger partial charge in [0.25, 0.3) is 5.91 Å². The van der Waals surface area contributed by atoms with Crippen LogP contribution in [0.25, 0.3) is 0 Å². The van der Waals surface area contributed by atoms with Crippen molar-refractivity contribution in [1.82, 2.24) is 5.32 Å². The van der Waals surface area contributed by atoms with Gasteiger partial charge in [-0.1, -0.05) is 24.3 Å². The molecule has 2 rings (SSSR count). The molecule has 0 heterocycles. The Morgan fingerprint density at radius 2 is 1.90 bits per heavy atom. The summed E-state index contributed by atoms with van der Waals surface area (Å²) in [5.41, 5.74) is 0.328. The molecule has 2 aromatic rings. The summed E-state index contributed by atoms with van der Waals surface area (Å²) in [4.78, 5) is 11.7. The van der Waals surface area contributed by atoms with Gasteiger partial charge >= 0.3 is 0 Å². The zero-order chi connectivity index (χ0) is 14.2. The number of halogens is 1. The van der Waals surface area contributed by atoms with Gasteiger partial charge in [0, 0.05) is 12.1 Å². The lowest BCUT2D eigenvalue weighted by molar-refractivity contribution is 0.0951. The normalized spacial score (nSPS) is 10.1. The molecule has 0 atom stereocenters. The second kappa shape index (κ2) is 7.28. The minimum atomic E-state index is -0.412. The van der Waals surface area contributed by atoms with Crippen LogP contribution in [-0.4, -0.2) is 19.1 Å². The highest BCUT2D eigenvalue weighted by Gasteiger charge is 2.05. The fourth-order valence-electron chi connectivity index (χ4n) is 1.71. The fraction of sp³-hybridized carbons (Fsp3) is 0.188. The van der Waals surface area contributed by atoms with Gasteiger partial charge in [-0.2, -0.15) is 0 Å². The molecule has 0 aliphatic carbocycles. The molecular formula is C16H16FNO2. The molecule has 0 spiro atoms. The Kier molecular flexibility index (Phi) is 5.12. The van der Waals surface area contributed by atoms with Gasteiger partial charge in [0.15, 0.2) is 0 Å². The van der Waals surface area contributed by atoms with Crippen molar-refractivity contribution in [3.8, 4) is 5.75 Å². The van der Waals surface area contributed by atoms with Gasteiger partial charge in [-0.15, -0.1) is 0 Å². The van der Waals surface area contributed by atoms with E-state index in [1.807, 2.05) is 30.3 Å².